The molecule has 0 saturated heterocycles. The Morgan fingerprint density at radius 2 is 0.981 bits per heavy atom. The standard InChI is InChI=1S/C49H30N2O/c1-3-14-32(15-4-1)49-50-43-30-34(24-27-44(43)51(49)35-16-5-2-6-17-35)47-39-21-11-9-19-37(39)46(38-20-10-12-22-40(38)47)33-25-28-45-42(29-33)41-26-23-31-13-7-8-18-36(31)48(41)52-45/h1-30H. The Hall–Kier alpha value is -6.97. The van der Waals surface area contributed by atoms with Gasteiger partial charge in [-0.15, -0.1) is 0 Å². The highest BCUT2D eigenvalue weighted by atomic mass is 16.3. The monoisotopic (exact) mass is 662 g/mol. The Morgan fingerprint density at radius 3 is 1.67 bits per heavy atom. The summed E-state index contributed by atoms with van der Waals surface area (Å²) in [6.07, 6.45) is 0. The van der Waals surface area contributed by atoms with Crippen LogP contribution in [0.1, 0.15) is 0 Å². The Labute approximate surface area is 299 Å². The number of benzene rings is 9. The molecule has 0 unspecified atom stereocenters. The van der Waals surface area contributed by atoms with Crippen molar-refractivity contribution in [2.75, 3.05) is 0 Å². The zero-order chi connectivity index (χ0) is 34.2. The van der Waals surface area contributed by atoms with Crippen molar-refractivity contribution in [1.82, 2.24) is 9.55 Å². The maximum Gasteiger partial charge on any atom is 0.145 e. The van der Waals surface area contributed by atoms with Crippen LogP contribution >= 0.6 is 0 Å². The van der Waals surface area contributed by atoms with E-state index in [9.17, 15) is 0 Å². The molecule has 2 aromatic heterocycles. The van der Waals surface area contributed by atoms with Crippen LogP contribution < -0.4 is 0 Å². The van der Waals surface area contributed by atoms with Gasteiger partial charge in [0.25, 0.3) is 0 Å². The van der Waals surface area contributed by atoms with E-state index < -0.39 is 0 Å². The molecule has 0 atom stereocenters. The lowest BCUT2D eigenvalue weighted by molar-refractivity contribution is 0.672. The molecule has 0 fully saturated rings. The van der Waals surface area contributed by atoms with Crippen molar-refractivity contribution in [3.63, 3.8) is 0 Å². The summed E-state index contributed by atoms with van der Waals surface area (Å²) < 4.78 is 8.77. The minimum Gasteiger partial charge on any atom is -0.455 e. The minimum absolute atomic E-state index is 0.901. The Bertz CT molecular complexity index is 3110. The molecule has 242 valence electrons. The third-order valence-electron chi connectivity index (χ3n) is 10.6. The number of imidazole rings is 1. The molecule has 52 heavy (non-hydrogen) atoms. The lowest BCUT2D eigenvalue weighted by Gasteiger charge is -2.18. The van der Waals surface area contributed by atoms with Crippen molar-refractivity contribution in [2.24, 2.45) is 0 Å². The van der Waals surface area contributed by atoms with E-state index in [4.69, 9.17) is 9.40 Å². The molecule has 9 aromatic carbocycles. The predicted molar refractivity (Wildman–Crippen MR) is 217 cm³/mol. The van der Waals surface area contributed by atoms with Crippen molar-refractivity contribution in [3.05, 3.63) is 182 Å². The van der Waals surface area contributed by atoms with Crippen molar-refractivity contribution >= 4 is 65.3 Å². The van der Waals surface area contributed by atoms with Gasteiger partial charge in [-0.2, -0.15) is 0 Å². The summed E-state index contributed by atoms with van der Waals surface area (Å²) in [5.74, 6) is 0.930. The quantitative estimate of drug-likeness (QED) is 0.176. The topological polar surface area (TPSA) is 31.0 Å². The van der Waals surface area contributed by atoms with Gasteiger partial charge in [0.15, 0.2) is 0 Å². The second-order valence-corrected chi connectivity index (χ2v) is 13.5. The first-order valence-corrected chi connectivity index (χ1v) is 17.7. The number of furan rings is 1. The SMILES string of the molecule is c1ccc(-c2nc3cc(-c4c5ccccc5c(-c5ccc6oc7c8ccccc8ccc7c6c5)c5ccccc45)ccc3n2-c2ccccc2)cc1. The largest absolute Gasteiger partial charge is 0.455 e. The number of para-hydroxylation sites is 1. The van der Waals surface area contributed by atoms with Gasteiger partial charge >= 0.3 is 0 Å². The molecular formula is C49H30N2O. The van der Waals surface area contributed by atoms with Gasteiger partial charge in [-0.3, -0.25) is 4.57 Å². The molecule has 0 bridgehead atoms. The van der Waals surface area contributed by atoms with E-state index in [0.29, 0.717) is 0 Å². The fraction of sp³-hybridized carbons (Fsp3) is 0. The van der Waals surface area contributed by atoms with Crippen molar-refractivity contribution in [1.29, 1.82) is 0 Å². The van der Waals surface area contributed by atoms with Gasteiger partial charge in [0, 0.05) is 27.4 Å². The average molecular weight is 663 g/mol. The van der Waals surface area contributed by atoms with Gasteiger partial charge < -0.3 is 4.42 Å². The van der Waals surface area contributed by atoms with Gasteiger partial charge in [-0.1, -0.05) is 140 Å². The van der Waals surface area contributed by atoms with Crippen molar-refractivity contribution in [2.45, 2.75) is 0 Å². The number of hydrogen-bond acceptors (Lipinski definition) is 2. The van der Waals surface area contributed by atoms with Gasteiger partial charge in [0.1, 0.15) is 17.0 Å². The summed E-state index contributed by atoms with van der Waals surface area (Å²) in [7, 11) is 0. The summed E-state index contributed by atoms with van der Waals surface area (Å²) in [4.78, 5) is 5.29. The highest BCUT2D eigenvalue weighted by Gasteiger charge is 2.20. The summed E-state index contributed by atoms with van der Waals surface area (Å²) in [5.41, 5.74) is 10.8. The van der Waals surface area contributed by atoms with Crippen LogP contribution in [0.4, 0.5) is 0 Å². The van der Waals surface area contributed by atoms with Gasteiger partial charge in [0.05, 0.1) is 11.0 Å². The summed E-state index contributed by atoms with van der Waals surface area (Å²) in [5, 5.41) is 9.45. The number of aromatic nitrogens is 2. The molecule has 0 saturated carbocycles. The van der Waals surface area contributed by atoms with Crippen LogP contribution in [0.2, 0.25) is 0 Å². The van der Waals surface area contributed by atoms with Crippen LogP contribution in [0.25, 0.3) is 105 Å². The molecule has 0 aliphatic heterocycles. The third kappa shape index (κ3) is 4.30. The smallest absolute Gasteiger partial charge is 0.145 e. The first-order valence-electron chi connectivity index (χ1n) is 17.7. The van der Waals surface area contributed by atoms with E-state index in [1.807, 2.05) is 6.07 Å². The Kier molecular flexibility index (Phi) is 6.25. The fourth-order valence-corrected chi connectivity index (χ4v) is 8.27. The van der Waals surface area contributed by atoms with Crippen LogP contribution in [0.15, 0.2) is 186 Å². The molecule has 0 N–H and O–H groups in total. The van der Waals surface area contributed by atoms with Gasteiger partial charge in [0.2, 0.25) is 0 Å². The molecule has 0 spiro atoms. The maximum atomic E-state index is 6.50. The van der Waals surface area contributed by atoms with Crippen LogP contribution in [0.5, 0.6) is 0 Å². The molecule has 0 radical (unpaired) electrons. The van der Waals surface area contributed by atoms with Crippen molar-refractivity contribution < 1.29 is 4.42 Å². The zero-order valence-electron chi connectivity index (χ0n) is 28.1. The second kappa shape index (κ2) is 11.3. The molecule has 2 heterocycles. The summed E-state index contributed by atoms with van der Waals surface area (Å²) in [6, 6.07) is 64.9. The van der Waals surface area contributed by atoms with Gasteiger partial charge in [-0.25, -0.2) is 4.98 Å². The molecule has 11 aromatic rings. The summed E-state index contributed by atoms with van der Waals surface area (Å²) in [6.45, 7) is 0. The van der Waals surface area contributed by atoms with Crippen LogP contribution in [-0.4, -0.2) is 9.55 Å². The molecule has 3 heteroatoms. The van der Waals surface area contributed by atoms with Crippen LogP contribution in [-0.2, 0) is 0 Å². The Balaban J connectivity index is 1.15. The maximum absolute atomic E-state index is 6.50. The summed E-state index contributed by atoms with van der Waals surface area (Å²) >= 11 is 0. The average Bonchev–Trinajstić information content (AvgIpc) is 3.79. The third-order valence-corrected chi connectivity index (χ3v) is 10.6. The molecule has 0 aliphatic rings. The molecule has 0 aliphatic carbocycles. The first kappa shape index (κ1) is 28.8. The minimum atomic E-state index is 0.901. The van der Waals surface area contributed by atoms with Crippen LogP contribution in [0, 0.1) is 0 Å². The highest BCUT2D eigenvalue weighted by Crippen LogP contribution is 2.46. The first-order chi connectivity index (χ1) is 25.8. The van der Waals surface area contributed by atoms with E-state index in [-0.39, 0.29) is 0 Å². The number of fused-ring (bicyclic) bond motifs is 8. The number of rotatable bonds is 4. The Morgan fingerprint density at radius 1 is 0.404 bits per heavy atom. The highest BCUT2D eigenvalue weighted by molar-refractivity contribution is 6.23. The van der Waals surface area contributed by atoms with Crippen molar-refractivity contribution in [3.8, 4) is 39.3 Å². The van der Waals surface area contributed by atoms with Crippen LogP contribution in [0.3, 0.4) is 0 Å². The predicted octanol–water partition coefficient (Wildman–Crippen LogP) is 13.4. The van der Waals surface area contributed by atoms with E-state index in [0.717, 1.165) is 61.0 Å². The van der Waals surface area contributed by atoms with E-state index in [2.05, 4.69) is 180 Å². The zero-order valence-corrected chi connectivity index (χ0v) is 28.1. The lowest BCUT2D eigenvalue weighted by Crippen LogP contribution is -1.97. The molecular weight excluding hydrogens is 633 g/mol. The molecule has 0 amide bonds. The number of hydrogen-bond donors (Lipinski definition) is 0. The normalized spacial score (nSPS) is 11.8. The van der Waals surface area contributed by atoms with E-state index >= 15 is 0 Å². The lowest BCUT2D eigenvalue weighted by atomic mass is 9.85. The van der Waals surface area contributed by atoms with E-state index in [1.165, 1.54) is 43.6 Å². The van der Waals surface area contributed by atoms with E-state index in [1.54, 1.807) is 0 Å². The molecule has 3 nitrogen and oxygen atoms in total. The second-order valence-electron chi connectivity index (χ2n) is 13.5. The van der Waals surface area contributed by atoms with Gasteiger partial charge in [-0.05, 0) is 91.6 Å². The molecule has 11 rings (SSSR count). The number of nitrogens with zero attached hydrogens (tertiary/aromatic N) is 2. The fourth-order valence-electron chi connectivity index (χ4n) is 8.27.